The molecule has 0 fully saturated rings. The molecule has 8 heteroatoms. The van der Waals surface area contributed by atoms with Gasteiger partial charge in [-0.05, 0) is 67.8 Å². The number of carboxylic acids is 1. The van der Waals surface area contributed by atoms with Crippen LogP contribution in [-0.4, -0.2) is 33.5 Å². The minimum atomic E-state index is -1.00. The Morgan fingerprint density at radius 2 is 1.54 bits per heavy atom. The van der Waals surface area contributed by atoms with Gasteiger partial charge in [-0.1, -0.05) is 58.0 Å². The third-order valence-electron chi connectivity index (χ3n) is 5.24. The van der Waals surface area contributed by atoms with Gasteiger partial charge in [-0.3, -0.25) is 10.2 Å². The Morgan fingerprint density at radius 1 is 0.919 bits per heavy atom. The molecule has 3 aromatic rings. The third kappa shape index (κ3) is 7.51. The Morgan fingerprint density at radius 3 is 2.08 bits per heavy atom. The normalized spacial score (nSPS) is 11.8. The molecular formula is C29H36N4O4. The van der Waals surface area contributed by atoms with Crippen molar-refractivity contribution in [2.45, 2.75) is 48.5 Å². The van der Waals surface area contributed by atoms with E-state index in [1.165, 1.54) is 22.7 Å². The van der Waals surface area contributed by atoms with Crippen molar-refractivity contribution in [2.24, 2.45) is 5.10 Å². The van der Waals surface area contributed by atoms with Crippen LogP contribution >= 0.6 is 0 Å². The maximum absolute atomic E-state index is 11.7. The minimum Gasteiger partial charge on any atom is -0.505 e. The van der Waals surface area contributed by atoms with Crippen LogP contribution in [0.4, 0.5) is 11.4 Å². The van der Waals surface area contributed by atoms with Gasteiger partial charge in [0.25, 0.3) is 5.91 Å². The van der Waals surface area contributed by atoms with Crippen LogP contribution in [0.25, 0.3) is 11.1 Å². The molecule has 5 N–H and O–H groups in total. The number of carbonyl (C=O) groups is 2. The highest BCUT2D eigenvalue weighted by Gasteiger charge is 2.28. The number of nitrogens with one attached hydrogen (secondary N) is 1. The van der Waals surface area contributed by atoms with E-state index in [-0.39, 0.29) is 28.6 Å². The Hall–Kier alpha value is -4.46. The quantitative estimate of drug-likeness (QED) is 0.240. The highest BCUT2D eigenvalue weighted by molar-refractivity contribution is 6.70. The molecule has 1 heterocycles. The number of anilines is 2. The van der Waals surface area contributed by atoms with E-state index in [4.69, 9.17) is 16.2 Å². The molecule has 37 heavy (non-hydrogen) atoms. The average molecular weight is 505 g/mol. The van der Waals surface area contributed by atoms with Crippen molar-refractivity contribution in [3.63, 3.8) is 0 Å². The fourth-order valence-electron chi connectivity index (χ4n) is 3.15. The van der Waals surface area contributed by atoms with Crippen LogP contribution in [0.3, 0.4) is 0 Å². The minimum absolute atomic E-state index is 0.0294. The van der Waals surface area contributed by atoms with Crippen LogP contribution in [0, 0.1) is 19.3 Å². The van der Waals surface area contributed by atoms with Crippen molar-refractivity contribution < 1.29 is 19.8 Å². The first kappa shape index (κ1) is 30.6. The number of hydrazone groups is 1. The molecule has 0 radical (unpaired) electrons. The summed E-state index contributed by atoms with van der Waals surface area (Å²) in [7, 11) is 0. The summed E-state index contributed by atoms with van der Waals surface area (Å²) in [6.07, 6.45) is 0. The number of rotatable bonds is 3. The predicted molar refractivity (Wildman–Crippen MR) is 152 cm³/mol. The molecule has 1 amide bonds. The van der Waals surface area contributed by atoms with Gasteiger partial charge in [-0.25, -0.2) is 4.79 Å². The van der Waals surface area contributed by atoms with Crippen molar-refractivity contribution >= 4 is 34.7 Å². The number of aryl methyl sites for hydroxylation is 2. The summed E-state index contributed by atoms with van der Waals surface area (Å²) < 4.78 is 0. The first-order valence-electron chi connectivity index (χ1n) is 12.1. The molecule has 196 valence electrons. The van der Waals surface area contributed by atoms with E-state index < -0.39 is 5.97 Å². The average Bonchev–Trinajstić information content (AvgIpc) is 3.17. The Balaban J connectivity index is 0.000000327. The lowest BCUT2D eigenvalue weighted by Gasteiger charge is -2.12. The van der Waals surface area contributed by atoms with Gasteiger partial charge >= 0.3 is 5.97 Å². The van der Waals surface area contributed by atoms with E-state index in [2.05, 4.69) is 5.10 Å². The zero-order chi connectivity index (χ0) is 28.3. The van der Waals surface area contributed by atoms with E-state index in [0.29, 0.717) is 16.8 Å². The number of amides is 1. The number of carboxylic acid groups (broad SMARTS) is 1. The standard InChI is InChI=1S/C13H11NO3.C12H13N3O.2C2H6/c14-11-6-2-5-10(12(11)15)8-3-1-4-9(7-8)13(16)17;1-7-4-5-10(6-8(7)2)15-12(16)11(13)9(3)14-15;2*1-2/h1-7,15H,14H2,(H,16,17);4-6,13H,1-3H3;2*1-2H3. The predicted octanol–water partition coefficient (Wildman–Crippen LogP) is 6.44. The molecular weight excluding hydrogens is 468 g/mol. The summed E-state index contributed by atoms with van der Waals surface area (Å²) in [6.45, 7) is 13.7. The van der Waals surface area contributed by atoms with Crippen LogP contribution in [-0.2, 0) is 4.79 Å². The van der Waals surface area contributed by atoms with Gasteiger partial charge < -0.3 is 15.9 Å². The van der Waals surface area contributed by atoms with Crippen LogP contribution in [0.15, 0.2) is 65.8 Å². The highest BCUT2D eigenvalue weighted by atomic mass is 16.4. The number of phenols is 1. The van der Waals surface area contributed by atoms with Gasteiger partial charge in [0.15, 0.2) is 0 Å². The fraction of sp³-hybridized carbons (Fsp3) is 0.241. The smallest absolute Gasteiger partial charge is 0.335 e. The summed E-state index contributed by atoms with van der Waals surface area (Å²) in [5, 5.41) is 31.6. The molecule has 1 aliphatic heterocycles. The molecule has 0 saturated carbocycles. The van der Waals surface area contributed by atoms with Gasteiger partial charge in [0.2, 0.25) is 0 Å². The largest absolute Gasteiger partial charge is 0.505 e. The van der Waals surface area contributed by atoms with Crippen molar-refractivity contribution in [3.05, 3.63) is 77.4 Å². The van der Waals surface area contributed by atoms with Gasteiger partial charge in [-0.2, -0.15) is 10.1 Å². The number of aromatic carboxylic acids is 1. The Bertz CT molecular complexity index is 1300. The van der Waals surface area contributed by atoms with E-state index in [9.17, 15) is 14.7 Å². The summed E-state index contributed by atoms with van der Waals surface area (Å²) in [4.78, 5) is 22.5. The fourth-order valence-corrected chi connectivity index (χ4v) is 3.15. The highest BCUT2D eigenvalue weighted by Crippen LogP contribution is 2.33. The van der Waals surface area contributed by atoms with E-state index in [1.54, 1.807) is 37.3 Å². The molecule has 0 unspecified atom stereocenters. The van der Waals surface area contributed by atoms with Crippen molar-refractivity contribution in [1.82, 2.24) is 0 Å². The van der Waals surface area contributed by atoms with Crippen LogP contribution in [0.5, 0.6) is 5.75 Å². The zero-order valence-corrected chi connectivity index (χ0v) is 22.5. The SMILES string of the molecule is CC.CC.CC1=NN(c2ccc(C)c(C)c2)C(=O)C1=N.Nc1cccc(-c2cccc(C(=O)O)c2)c1O. The number of nitrogens with zero attached hydrogens (tertiary/aromatic N) is 2. The maximum atomic E-state index is 11.7. The molecule has 0 bridgehead atoms. The van der Waals surface area contributed by atoms with Gasteiger partial charge in [0, 0.05) is 5.56 Å². The first-order valence-corrected chi connectivity index (χ1v) is 12.1. The lowest BCUT2D eigenvalue weighted by molar-refractivity contribution is -0.112. The number of carbonyl (C=O) groups excluding carboxylic acids is 1. The number of hydrogen-bond acceptors (Lipinski definition) is 6. The van der Waals surface area contributed by atoms with Crippen LogP contribution in [0.2, 0.25) is 0 Å². The number of hydrogen-bond donors (Lipinski definition) is 4. The lowest BCUT2D eigenvalue weighted by Crippen LogP contribution is -2.26. The number of phenolic OH excluding ortho intramolecular Hbond substituents is 1. The topological polar surface area (TPSA) is 140 Å². The lowest BCUT2D eigenvalue weighted by atomic mass is 10.0. The van der Waals surface area contributed by atoms with E-state index >= 15 is 0 Å². The van der Waals surface area contributed by atoms with Crippen molar-refractivity contribution in [1.29, 1.82) is 5.41 Å². The Labute approximate surface area is 218 Å². The summed E-state index contributed by atoms with van der Waals surface area (Å²) in [5.74, 6) is -1.40. The van der Waals surface area contributed by atoms with Gasteiger partial charge in [0.05, 0.1) is 22.6 Å². The second-order valence-electron chi connectivity index (χ2n) is 7.58. The van der Waals surface area contributed by atoms with E-state index in [1.807, 2.05) is 59.7 Å². The molecule has 0 aliphatic carbocycles. The number of benzene rings is 3. The second kappa shape index (κ2) is 14.2. The first-order chi connectivity index (χ1) is 17.6. The number of nitrogen functional groups attached to an aromatic ring is 1. The molecule has 1 aliphatic rings. The van der Waals surface area contributed by atoms with Crippen LogP contribution in [0.1, 0.15) is 56.1 Å². The second-order valence-corrected chi connectivity index (χ2v) is 7.58. The molecule has 0 spiro atoms. The van der Waals surface area contributed by atoms with Crippen LogP contribution < -0.4 is 10.7 Å². The molecule has 0 aromatic heterocycles. The molecule has 0 atom stereocenters. The summed E-state index contributed by atoms with van der Waals surface area (Å²) >= 11 is 0. The van der Waals surface area contributed by atoms with Crippen molar-refractivity contribution in [3.8, 4) is 16.9 Å². The maximum Gasteiger partial charge on any atom is 0.335 e. The molecule has 4 rings (SSSR count). The number of para-hydroxylation sites is 1. The number of aromatic hydroxyl groups is 1. The monoisotopic (exact) mass is 504 g/mol. The summed E-state index contributed by atoms with van der Waals surface area (Å²) in [6, 6.07) is 17.0. The zero-order valence-electron chi connectivity index (χ0n) is 22.5. The molecule has 3 aromatic carbocycles. The van der Waals surface area contributed by atoms with Crippen molar-refractivity contribution in [2.75, 3.05) is 10.7 Å². The summed E-state index contributed by atoms with van der Waals surface area (Å²) in [5.41, 5.74) is 10.6. The molecule has 0 saturated heterocycles. The van der Waals surface area contributed by atoms with E-state index in [0.717, 1.165) is 11.3 Å². The number of nitrogens with two attached hydrogens (primary N) is 1. The van der Waals surface area contributed by atoms with Gasteiger partial charge in [-0.15, -0.1) is 0 Å². The Kier molecular flexibility index (Phi) is 11.7. The third-order valence-corrected chi connectivity index (χ3v) is 5.24. The van der Waals surface area contributed by atoms with Gasteiger partial charge in [0.1, 0.15) is 11.5 Å². The molecule has 8 nitrogen and oxygen atoms in total.